The van der Waals surface area contributed by atoms with Crippen LogP contribution in [-0.4, -0.2) is 71.3 Å². The number of carbonyl (C=O) groups is 1. The summed E-state index contributed by atoms with van der Waals surface area (Å²) in [5.41, 5.74) is 0.632. The lowest BCUT2D eigenvalue weighted by Gasteiger charge is -2.34. The third kappa shape index (κ3) is 4.48. The number of ether oxygens (including phenoxy) is 1. The van der Waals surface area contributed by atoms with Crippen LogP contribution in [0.1, 0.15) is 42.5 Å². The van der Waals surface area contributed by atoms with Crippen LogP contribution in [0, 0.1) is 0 Å². The highest BCUT2D eigenvalue weighted by Crippen LogP contribution is 2.18. The molecule has 1 aromatic rings. The van der Waals surface area contributed by atoms with Gasteiger partial charge in [-0.25, -0.2) is 0 Å². The molecule has 0 saturated carbocycles. The Morgan fingerprint density at radius 3 is 2.74 bits per heavy atom. The minimum Gasteiger partial charge on any atom is -0.381 e. The summed E-state index contributed by atoms with van der Waals surface area (Å²) in [5, 5.41) is 7.61. The van der Waals surface area contributed by atoms with Gasteiger partial charge in [0.2, 0.25) is 0 Å². The topological polar surface area (TPSA) is 58.6 Å². The van der Waals surface area contributed by atoms with E-state index in [1.807, 2.05) is 4.90 Å². The van der Waals surface area contributed by atoms with Crippen molar-refractivity contribution in [1.82, 2.24) is 20.0 Å². The molecule has 6 heteroatoms. The monoisotopic (exact) mass is 318 g/mol. The minimum absolute atomic E-state index is 0.0771. The molecule has 0 unspecified atom stereocenters. The minimum atomic E-state index is 0.0771. The van der Waals surface area contributed by atoms with Crippen LogP contribution in [0.3, 0.4) is 0 Å². The molecule has 126 valence electrons. The molecule has 3 rings (SSSR count). The summed E-state index contributed by atoms with van der Waals surface area (Å²) in [6.45, 7) is 5.80. The average Bonchev–Trinajstić information content (AvgIpc) is 3.13. The number of rotatable bonds is 6. The number of hydrogen-bond acceptors (Lipinski definition) is 5. The summed E-state index contributed by atoms with van der Waals surface area (Å²) in [6.07, 6.45) is 8.65. The normalized spacial score (nSPS) is 19.8. The maximum absolute atomic E-state index is 12.9. The van der Waals surface area contributed by atoms with Crippen molar-refractivity contribution < 1.29 is 9.53 Å². The summed E-state index contributed by atoms with van der Waals surface area (Å²) in [6, 6.07) is 2.03. The number of amides is 1. The summed E-state index contributed by atoms with van der Waals surface area (Å²) < 4.78 is 5.45. The van der Waals surface area contributed by atoms with Gasteiger partial charge in [0.1, 0.15) is 0 Å². The largest absolute Gasteiger partial charge is 0.381 e. The smallest absolute Gasteiger partial charge is 0.255 e. The van der Waals surface area contributed by atoms with Crippen LogP contribution in [0.15, 0.2) is 18.5 Å². The second-order valence-electron chi connectivity index (χ2n) is 6.38. The third-order valence-corrected chi connectivity index (χ3v) is 4.80. The number of carbonyl (C=O) groups excluding carboxylic acids is 1. The first kappa shape index (κ1) is 16.3. The van der Waals surface area contributed by atoms with Gasteiger partial charge in [-0.3, -0.25) is 4.79 Å². The summed E-state index contributed by atoms with van der Waals surface area (Å²) in [4.78, 5) is 17.4. The van der Waals surface area contributed by atoms with Gasteiger partial charge in [0.15, 0.2) is 0 Å². The van der Waals surface area contributed by atoms with Crippen molar-refractivity contribution in [3.63, 3.8) is 0 Å². The summed E-state index contributed by atoms with van der Waals surface area (Å²) in [5.74, 6) is 0.0771. The van der Waals surface area contributed by atoms with Crippen molar-refractivity contribution in [2.24, 2.45) is 0 Å². The maximum Gasteiger partial charge on any atom is 0.255 e. The van der Waals surface area contributed by atoms with E-state index >= 15 is 0 Å². The molecule has 0 spiro atoms. The first-order valence-corrected chi connectivity index (χ1v) is 8.72. The van der Waals surface area contributed by atoms with Crippen LogP contribution in [0.4, 0.5) is 0 Å². The lowest BCUT2D eigenvalue weighted by molar-refractivity contribution is 0.0281. The molecule has 6 nitrogen and oxygen atoms in total. The number of nitrogens with zero attached hydrogens (tertiary/aromatic N) is 4. The molecular formula is C17H26N4O2. The van der Waals surface area contributed by atoms with E-state index in [4.69, 9.17) is 4.74 Å². The maximum atomic E-state index is 12.9. The van der Waals surface area contributed by atoms with Gasteiger partial charge in [0.25, 0.3) is 5.91 Å². The lowest BCUT2D eigenvalue weighted by atomic mass is 10.1. The summed E-state index contributed by atoms with van der Waals surface area (Å²) in [7, 11) is 0. The molecule has 1 aromatic heterocycles. The fourth-order valence-electron chi connectivity index (χ4n) is 3.50. The Labute approximate surface area is 137 Å². The highest BCUT2D eigenvalue weighted by Gasteiger charge is 2.26. The van der Waals surface area contributed by atoms with E-state index in [0.29, 0.717) is 5.56 Å². The number of aromatic nitrogens is 2. The predicted molar refractivity (Wildman–Crippen MR) is 87.2 cm³/mol. The molecule has 3 heterocycles. The molecule has 1 amide bonds. The second-order valence-corrected chi connectivity index (χ2v) is 6.38. The Bertz CT molecular complexity index is 485. The molecule has 0 radical (unpaired) electrons. The van der Waals surface area contributed by atoms with Crippen LogP contribution in [0.5, 0.6) is 0 Å². The molecule has 23 heavy (non-hydrogen) atoms. The molecular weight excluding hydrogens is 292 g/mol. The van der Waals surface area contributed by atoms with E-state index in [9.17, 15) is 4.79 Å². The van der Waals surface area contributed by atoms with Crippen molar-refractivity contribution in [2.75, 3.05) is 39.4 Å². The highest BCUT2D eigenvalue weighted by molar-refractivity contribution is 5.94. The predicted octanol–water partition coefficient (Wildman–Crippen LogP) is 1.58. The van der Waals surface area contributed by atoms with Crippen molar-refractivity contribution in [1.29, 1.82) is 0 Å². The second kappa shape index (κ2) is 8.36. The van der Waals surface area contributed by atoms with Gasteiger partial charge in [-0.2, -0.15) is 10.2 Å². The van der Waals surface area contributed by atoms with Crippen LogP contribution in [0.2, 0.25) is 0 Å². The summed E-state index contributed by atoms with van der Waals surface area (Å²) >= 11 is 0. The third-order valence-electron chi connectivity index (χ3n) is 4.80. The van der Waals surface area contributed by atoms with E-state index in [-0.39, 0.29) is 11.9 Å². The van der Waals surface area contributed by atoms with Crippen LogP contribution in [0.25, 0.3) is 0 Å². The molecule has 2 aliphatic heterocycles. The van der Waals surface area contributed by atoms with Gasteiger partial charge in [-0.15, -0.1) is 0 Å². The Morgan fingerprint density at radius 2 is 2.04 bits per heavy atom. The molecule has 0 aromatic carbocycles. The van der Waals surface area contributed by atoms with Crippen molar-refractivity contribution in [3.8, 4) is 0 Å². The zero-order valence-corrected chi connectivity index (χ0v) is 13.7. The number of likely N-dealkylation sites (tertiary alicyclic amines) is 1. The zero-order valence-electron chi connectivity index (χ0n) is 13.7. The van der Waals surface area contributed by atoms with Gasteiger partial charge < -0.3 is 14.5 Å². The molecule has 0 aliphatic carbocycles. The molecule has 2 fully saturated rings. The lowest BCUT2D eigenvalue weighted by Crippen LogP contribution is -2.44. The van der Waals surface area contributed by atoms with Gasteiger partial charge in [-0.1, -0.05) is 0 Å². The first-order chi connectivity index (χ1) is 11.3. The molecule has 0 bridgehead atoms. The quantitative estimate of drug-likeness (QED) is 0.797. The van der Waals surface area contributed by atoms with Crippen molar-refractivity contribution >= 4 is 5.91 Å². The molecule has 0 atom stereocenters. The van der Waals surface area contributed by atoms with E-state index in [1.54, 1.807) is 18.5 Å². The Kier molecular flexibility index (Phi) is 5.93. The van der Waals surface area contributed by atoms with E-state index in [1.165, 1.54) is 25.9 Å². The van der Waals surface area contributed by atoms with E-state index < -0.39 is 0 Å². The Morgan fingerprint density at radius 1 is 1.26 bits per heavy atom. The molecule has 0 N–H and O–H groups in total. The SMILES string of the molecule is O=C(c1ccnnc1)N(CCCN1CCCC1)C1CCOCC1. The fraction of sp³-hybridized carbons (Fsp3) is 0.706. The fourth-order valence-corrected chi connectivity index (χ4v) is 3.50. The van der Waals surface area contributed by atoms with Gasteiger partial charge in [-0.05, 0) is 57.8 Å². The van der Waals surface area contributed by atoms with Crippen molar-refractivity contribution in [3.05, 3.63) is 24.0 Å². The Hall–Kier alpha value is -1.53. The molecule has 2 saturated heterocycles. The van der Waals surface area contributed by atoms with Gasteiger partial charge in [0, 0.05) is 25.8 Å². The van der Waals surface area contributed by atoms with Crippen LogP contribution < -0.4 is 0 Å². The standard InChI is InChI=1S/C17H26N4O2/c22-17(15-4-7-18-19-14-15)21(16-5-12-23-13-6-16)11-3-10-20-8-1-2-9-20/h4,7,14,16H,1-3,5-6,8-13H2. The van der Waals surface area contributed by atoms with Crippen molar-refractivity contribution in [2.45, 2.75) is 38.1 Å². The van der Waals surface area contributed by atoms with Gasteiger partial charge >= 0.3 is 0 Å². The van der Waals surface area contributed by atoms with E-state index in [2.05, 4.69) is 15.1 Å². The average molecular weight is 318 g/mol. The van der Waals surface area contributed by atoms with Gasteiger partial charge in [0.05, 0.1) is 18.0 Å². The van der Waals surface area contributed by atoms with E-state index in [0.717, 1.165) is 45.6 Å². The Balaban J connectivity index is 1.61. The van der Waals surface area contributed by atoms with Crippen LogP contribution >= 0.6 is 0 Å². The first-order valence-electron chi connectivity index (χ1n) is 8.72. The number of hydrogen-bond donors (Lipinski definition) is 0. The van der Waals surface area contributed by atoms with Crippen LogP contribution in [-0.2, 0) is 4.74 Å². The zero-order chi connectivity index (χ0) is 15.9. The molecule has 2 aliphatic rings. The highest BCUT2D eigenvalue weighted by atomic mass is 16.5.